The maximum absolute atomic E-state index is 12.1. The number of sulfonamides is 1. The van der Waals surface area contributed by atoms with E-state index in [2.05, 4.69) is 43.6 Å². The van der Waals surface area contributed by atoms with Gasteiger partial charge in [-0.05, 0) is 37.6 Å². The number of benzene rings is 1. The van der Waals surface area contributed by atoms with Crippen molar-refractivity contribution in [2.24, 2.45) is 0 Å². The van der Waals surface area contributed by atoms with Crippen LogP contribution in [-0.4, -0.2) is 65.0 Å². The third kappa shape index (κ3) is 5.14. The zero-order valence-electron chi connectivity index (χ0n) is 19.5. The number of H-pyrrole nitrogens is 2. The number of nitrogens with one attached hydrogen (secondary N) is 3. The fraction of sp³-hybridized carbons (Fsp3) is 0.348. The Balaban J connectivity index is 1.50. The zero-order chi connectivity index (χ0) is 24.7. The van der Waals surface area contributed by atoms with Gasteiger partial charge in [0.15, 0.2) is 0 Å². The molecule has 35 heavy (non-hydrogen) atoms. The highest BCUT2D eigenvalue weighted by Crippen LogP contribution is 2.33. The average molecular weight is 499 g/mol. The van der Waals surface area contributed by atoms with Gasteiger partial charge in [0, 0.05) is 35.8 Å². The van der Waals surface area contributed by atoms with Crippen LogP contribution in [0, 0.1) is 0 Å². The molecule has 5 rings (SSSR count). The van der Waals surface area contributed by atoms with E-state index in [0.717, 1.165) is 47.1 Å². The summed E-state index contributed by atoms with van der Waals surface area (Å²) in [5, 5.41) is 7.94. The van der Waals surface area contributed by atoms with Crippen LogP contribution in [0.1, 0.15) is 19.6 Å². The van der Waals surface area contributed by atoms with Gasteiger partial charge in [0.25, 0.3) is 5.56 Å². The molecule has 2 atom stereocenters. The molecule has 4 heterocycles. The summed E-state index contributed by atoms with van der Waals surface area (Å²) in [5.74, 6) is 1.19. The number of ether oxygens (including phenoxy) is 1. The van der Waals surface area contributed by atoms with Gasteiger partial charge in [0.1, 0.15) is 11.4 Å². The van der Waals surface area contributed by atoms with E-state index in [1.807, 2.05) is 12.1 Å². The molecule has 1 aromatic carbocycles. The fourth-order valence-corrected chi connectivity index (χ4v) is 5.01. The molecule has 0 saturated carbocycles. The van der Waals surface area contributed by atoms with Gasteiger partial charge in [-0.3, -0.25) is 19.5 Å². The summed E-state index contributed by atoms with van der Waals surface area (Å²) in [6, 6.07) is 5.23. The highest BCUT2D eigenvalue weighted by Gasteiger charge is 2.23. The van der Waals surface area contributed by atoms with Gasteiger partial charge in [-0.15, -0.1) is 0 Å². The molecule has 0 spiro atoms. The molecule has 0 radical (unpaired) electrons. The van der Waals surface area contributed by atoms with Gasteiger partial charge in [0.2, 0.25) is 15.9 Å². The SMILES string of the molecule is C[C@@H]1CN(Cc2cnc(-c3cc(-c4c[nH]c(=O)c(NS(C)(=O)=O)c4)cc4[nH]ncc34)o2)C[C@H](C)O1. The lowest BCUT2D eigenvalue weighted by molar-refractivity contribution is -0.0718. The van der Waals surface area contributed by atoms with Gasteiger partial charge >= 0.3 is 0 Å². The lowest BCUT2D eigenvalue weighted by Crippen LogP contribution is -2.44. The molecular weight excluding hydrogens is 472 g/mol. The first-order chi connectivity index (χ1) is 16.6. The number of rotatable bonds is 6. The van der Waals surface area contributed by atoms with Crippen LogP contribution < -0.4 is 10.3 Å². The van der Waals surface area contributed by atoms with Crippen molar-refractivity contribution in [3.63, 3.8) is 0 Å². The fourth-order valence-electron chi connectivity index (χ4n) is 4.46. The largest absolute Gasteiger partial charge is 0.440 e. The minimum atomic E-state index is -3.62. The van der Waals surface area contributed by atoms with Crippen LogP contribution in [0.25, 0.3) is 33.5 Å². The molecule has 0 amide bonds. The summed E-state index contributed by atoms with van der Waals surface area (Å²) in [5.41, 5.74) is 2.20. The van der Waals surface area contributed by atoms with Crippen molar-refractivity contribution in [3.05, 3.63) is 52.9 Å². The highest BCUT2D eigenvalue weighted by atomic mass is 32.2. The van der Waals surface area contributed by atoms with Crippen LogP contribution in [0.5, 0.6) is 0 Å². The average Bonchev–Trinajstić information content (AvgIpc) is 3.42. The van der Waals surface area contributed by atoms with E-state index < -0.39 is 15.6 Å². The van der Waals surface area contributed by atoms with Crippen LogP contribution in [0.2, 0.25) is 0 Å². The van der Waals surface area contributed by atoms with Crippen molar-refractivity contribution in [1.29, 1.82) is 0 Å². The van der Waals surface area contributed by atoms with E-state index in [1.165, 1.54) is 12.3 Å². The van der Waals surface area contributed by atoms with E-state index in [1.54, 1.807) is 12.4 Å². The Morgan fingerprint density at radius 3 is 2.66 bits per heavy atom. The van der Waals surface area contributed by atoms with Crippen molar-refractivity contribution >= 4 is 26.6 Å². The molecule has 184 valence electrons. The molecule has 3 N–H and O–H groups in total. The minimum Gasteiger partial charge on any atom is -0.440 e. The summed E-state index contributed by atoms with van der Waals surface area (Å²) < 4.78 is 37.5. The molecule has 12 heteroatoms. The molecule has 3 aromatic heterocycles. The molecular formula is C23H26N6O5S. The monoisotopic (exact) mass is 498 g/mol. The second-order valence-electron chi connectivity index (χ2n) is 8.94. The zero-order valence-corrected chi connectivity index (χ0v) is 20.3. The number of morpholine rings is 1. The molecule has 0 bridgehead atoms. The predicted molar refractivity (Wildman–Crippen MR) is 131 cm³/mol. The van der Waals surface area contributed by atoms with Gasteiger partial charge in [0.05, 0.1) is 42.9 Å². The first-order valence-electron chi connectivity index (χ1n) is 11.2. The smallest absolute Gasteiger partial charge is 0.272 e. The number of pyridine rings is 1. The highest BCUT2D eigenvalue weighted by molar-refractivity contribution is 7.92. The maximum Gasteiger partial charge on any atom is 0.272 e. The molecule has 4 aromatic rings. The topological polar surface area (TPSA) is 146 Å². The van der Waals surface area contributed by atoms with Crippen molar-refractivity contribution < 1.29 is 17.6 Å². The van der Waals surface area contributed by atoms with E-state index in [-0.39, 0.29) is 17.9 Å². The van der Waals surface area contributed by atoms with Gasteiger partial charge in [-0.2, -0.15) is 5.10 Å². The van der Waals surface area contributed by atoms with E-state index in [9.17, 15) is 13.2 Å². The van der Waals surface area contributed by atoms with Crippen LogP contribution in [0.3, 0.4) is 0 Å². The summed E-state index contributed by atoms with van der Waals surface area (Å²) in [6.07, 6.45) is 6.26. The van der Waals surface area contributed by atoms with Gasteiger partial charge in [-0.25, -0.2) is 13.4 Å². The molecule has 0 aliphatic carbocycles. The lowest BCUT2D eigenvalue weighted by atomic mass is 10.0. The maximum atomic E-state index is 12.1. The number of anilines is 1. The molecule has 0 unspecified atom stereocenters. The molecule has 1 aliphatic rings. The number of oxazole rings is 1. The molecule has 11 nitrogen and oxygen atoms in total. The summed E-state index contributed by atoms with van der Waals surface area (Å²) in [4.78, 5) is 21.5. The third-order valence-corrected chi connectivity index (χ3v) is 6.34. The van der Waals surface area contributed by atoms with Crippen LogP contribution >= 0.6 is 0 Å². The quantitative estimate of drug-likeness (QED) is 0.368. The molecule has 1 fully saturated rings. The number of aromatic nitrogens is 4. The first kappa shape index (κ1) is 23.3. The Hall–Kier alpha value is -3.48. The normalized spacial score (nSPS) is 19.3. The van der Waals surface area contributed by atoms with Crippen LogP contribution in [-0.2, 0) is 21.3 Å². The van der Waals surface area contributed by atoms with Crippen molar-refractivity contribution in [2.45, 2.75) is 32.6 Å². The van der Waals surface area contributed by atoms with Crippen molar-refractivity contribution in [2.75, 3.05) is 24.1 Å². The second-order valence-corrected chi connectivity index (χ2v) is 10.7. The summed E-state index contributed by atoms with van der Waals surface area (Å²) in [6.45, 7) is 6.38. The Bertz CT molecular complexity index is 1530. The summed E-state index contributed by atoms with van der Waals surface area (Å²) in [7, 11) is -3.62. The first-order valence-corrected chi connectivity index (χ1v) is 13.0. The van der Waals surface area contributed by atoms with Crippen molar-refractivity contribution in [1.82, 2.24) is 25.1 Å². The van der Waals surface area contributed by atoms with Gasteiger partial charge < -0.3 is 14.1 Å². The number of fused-ring (bicyclic) bond motifs is 1. The lowest BCUT2D eigenvalue weighted by Gasteiger charge is -2.34. The summed E-state index contributed by atoms with van der Waals surface area (Å²) >= 11 is 0. The number of hydrogen-bond acceptors (Lipinski definition) is 8. The number of nitrogens with zero attached hydrogens (tertiary/aromatic N) is 3. The van der Waals surface area contributed by atoms with E-state index >= 15 is 0 Å². The van der Waals surface area contributed by atoms with E-state index in [4.69, 9.17) is 9.15 Å². The van der Waals surface area contributed by atoms with Crippen LogP contribution in [0.15, 0.2) is 46.0 Å². The standard InChI is InChI=1S/C23H26N6O5S/c1-13-10-29(11-14(2)33-13)12-17-8-25-23(34-17)18-4-15(5-20-19(18)9-26-27-20)16-6-21(22(30)24-7-16)28-35(3,31)32/h4-9,13-14,28H,10-12H2,1-3H3,(H,24,30)(H,26,27)/t13-,14+. The predicted octanol–water partition coefficient (Wildman–Crippen LogP) is 2.55. The Morgan fingerprint density at radius 2 is 1.91 bits per heavy atom. The molecule has 1 saturated heterocycles. The van der Waals surface area contributed by atoms with Gasteiger partial charge in [-0.1, -0.05) is 0 Å². The second kappa shape index (κ2) is 8.95. The number of aromatic amines is 2. The molecule has 1 aliphatic heterocycles. The Morgan fingerprint density at radius 1 is 1.14 bits per heavy atom. The van der Waals surface area contributed by atoms with Crippen molar-refractivity contribution in [3.8, 4) is 22.6 Å². The third-order valence-electron chi connectivity index (χ3n) is 5.75. The Kier molecular flexibility index (Phi) is 5.95. The Labute approximate surface area is 201 Å². The number of hydrogen-bond donors (Lipinski definition) is 3. The van der Waals surface area contributed by atoms with Crippen LogP contribution in [0.4, 0.5) is 5.69 Å². The van der Waals surface area contributed by atoms with E-state index in [0.29, 0.717) is 18.0 Å². The minimum absolute atomic E-state index is 0.0661.